The molecule has 2 aromatic carbocycles. The Hall–Kier alpha value is -2.65. The first kappa shape index (κ1) is 19.7. The Bertz CT molecular complexity index is 782. The zero-order valence-electron chi connectivity index (χ0n) is 13.8. The van der Waals surface area contributed by atoms with E-state index in [-0.39, 0.29) is 17.6 Å². The molecule has 0 saturated heterocycles. The summed E-state index contributed by atoms with van der Waals surface area (Å²) in [6.07, 6.45) is 0. The lowest BCUT2D eigenvalue weighted by Gasteiger charge is -2.12. The van der Waals surface area contributed by atoms with Gasteiger partial charge in [-0.2, -0.15) is 0 Å². The molecule has 7 nitrogen and oxygen atoms in total. The lowest BCUT2D eigenvalue weighted by Crippen LogP contribution is -2.45. The maximum atomic E-state index is 11.8. The van der Waals surface area contributed by atoms with E-state index in [9.17, 15) is 9.59 Å². The molecule has 0 aromatic heterocycles. The number of anilines is 2. The maximum Gasteiger partial charge on any atom is 0.276 e. The predicted molar refractivity (Wildman–Crippen MR) is 108 cm³/mol. The van der Waals surface area contributed by atoms with Crippen molar-refractivity contribution in [2.75, 3.05) is 17.2 Å². The number of carbonyl (C=O) groups excluding carboxylic acids is 2. The van der Waals surface area contributed by atoms with E-state index in [2.05, 4.69) is 37.4 Å². The zero-order valence-corrected chi connectivity index (χ0v) is 16.2. The molecular formula is C17H17BrN4O3S. The van der Waals surface area contributed by atoms with Gasteiger partial charge in [-0.05, 0) is 60.7 Å². The number of rotatable bonds is 5. The topological polar surface area (TPSA) is 91.5 Å². The molecule has 2 aromatic rings. The summed E-state index contributed by atoms with van der Waals surface area (Å²) in [5, 5.41) is 5.82. The monoisotopic (exact) mass is 436 g/mol. The van der Waals surface area contributed by atoms with Crippen LogP contribution in [0.2, 0.25) is 0 Å². The van der Waals surface area contributed by atoms with Crippen LogP contribution >= 0.6 is 28.1 Å². The highest BCUT2D eigenvalue weighted by molar-refractivity contribution is 9.10. The van der Waals surface area contributed by atoms with Crippen LogP contribution in [0.25, 0.3) is 0 Å². The van der Waals surface area contributed by atoms with Gasteiger partial charge >= 0.3 is 0 Å². The Morgan fingerprint density at radius 3 is 2.15 bits per heavy atom. The van der Waals surface area contributed by atoms with Gasteiger partial charge in [0.15, 0.2) is 11.7 Å². The number of amides is 2. The van der Waals surface area contributed by atoms with Crippen LogP contribution in [0.1, 0.15) is 6.92 Å². The van der Waals surface area contributed by atoms with Gasteiger partial charge in [-0.15, -0.1) is 0 Å². The van der Waals surface area contributed by atoms with Crippen LogP contribution in [0.3, 0.4) is 0 Å². The summed E-state index contributed by atoms with van der Waals surface area (Å²) in [6, 6.07) is 14.1. The molecule has 0 aliphatic heterocycles. The number of thiocarbonyl (C=S) groups is 1. The van der Waals surface area contributed by atoms with Crippen molar-refractivity contribution < 1.29 is 14.3 Å². The van der Waals surface area contributed by atoms with Gasteiger partial charge in [-0.25, -0.2) is 0 Å². The van der Waals surface area contributed by atoms with Crippen LogP contribution in [-0.4, -0.2) is 23.5 Å². The number of carbonyl (C=O) groups is 2. The zero-order chi connectivity index (χ0) is 18.9. The van der Waals surface area contributed by atoms with E-state index in [0.717, 1.165) is 10.2 Å². The lowest BCUT2D eigenvalue weighted by molar-refractivity contribution is -0.123. The first-order valence-corrected chi connectivity index (χ1v) is 8.74. The van der Waals surface area contributed by atoms with Gasteiger partial charge in [0.05, 0.1) is 0 Å². The summed E-state index contributed by atoms with van der Waals surface area (Å²) >= 11 is 8.44. The van der Waals surface area contributed by atoms with Crippen molar-refractivity contribution in [1.82, 2.24) is 10.9 Å². The minimum Gasteiger partial charge on any atom is -0.484 e. The first-order valence-electron chi connectivity index (χ1n) is 7.54. The Kier molecular flexibility index (Phi) is 7.37. The highest BCUT2D eigenvalue weighted by Gasteiger charge is 2.04. The van der Waals surface area contributed by atoms with Gasteiger partial charge in [0.1, 0.15) is 5.75 Å². The largest absolute Gasteiger partial charge is 0.484 e. The average Bonchev–Trinajstić information content (AvgIpc) is 2.61. The summed E-state index contributed by atoms with van der Waals surface area (Å²) in [5.74, 6) is -0.0439. The van der Waals surface area contributed by atoms with Gasteiger partial charge in [-0.1, -0.05) is 15.9 Å². The van der Waals surface area contributed by atoms with Crippen LogP contribution in [0.5, 0.6) is 5.75 Å². The van der Waals surface area contributed by atoms with E-state index in [1.165, 1.54) is 6.92 Å². The van der Waals surface area contributed by atoms with Crippen LogP contribution < -0.4 is 26.2 Å². The number of hydrogen-bond acceptors (Lipinski definition) is 4. The number of ether oxygens (including phenoxy) is 1. The summed E-state index contributed by atoms with van der Waals surface area (Å²) in [5.41, 5.74) is 6.47. The standard InChI is InChI=1S/C17H17BrN4O3S/c1-11(23)19-13-6-8-15(9-7-13)25-10-16(24)21-22-17(26)20-14-4-2-12(18)3-5-14/h2-9H,10H2,1H3,(H,19,23)(H,21,24)(H2,20,22,26). The van der Waals surface area contributed by atoms with Gasteiger partial charge in [0.25, 0.3) is 5.91 Å². The molecule has 0 unspecified atom stereocenters. The lowest BCUT2D eigenvalue weighted by atomic mass is 10.3. The van der Waals surface area contributed by atoms with Gasteiger partial charge in [-0.3, -0.25) is 20.4 Å². The minimum absolute atomic E-state index is 0.156. The highest BCUT2D eigenvalue weighted by Crippen LogP contribution is 2.15. The van der Waals surface area contributed by atoms with E-state index in [4.69, 9.17) is 17.0 Å². The second-order valence-corrected chi connectivity index (χ2v) is 6.45. The molecule has 0 aliphatic rings. The normalized spacial score (nSPS) is 9.77. The van der Waals surface area contributed by atoms with Crippen molar-refractivity contribution in [3.63, 3.8) is 0 Å². The van der Waals surface area contributed by atoms with Crippen molar-refractivity contribution in [3.8, 4) is 5.75 Å². The molecule has 9 heteroatoms. The smallest absolute Gasteiger partial charge is 0.276 e. The van der Waals surface area contributed by atoms with Crippen molar-refractivity contribution in [2.24, 2.45) is 0 Å². The SMILES string of the molecule is CC(=O)Nc1ccc(OCC(=O)NNC(=S)Nc2ccc(Br)cc2)cc1. The van der Waals surface area contributed by atoms with E-state index in [1.807, 2.05) is 24.3 Å². The summed E-state index contributed by atoms with van der Waals surface area (Å²) in [7, 11) is 0. The molecule has 2 amide bonds. The van der Waals surface area contributed by atoms with E-state index < -0.39 is 5.91 Å². The maximum absolute atomic E-state index is 11.8. The third-order valence-electron chi connectivity index (χ3n) is 2.96. The number of hydrazine groups is 1. The molecule has 0 saturated carbocycles. The minimum atomic E-state index is -0.393. The summed E-state index contributed by atoms with van der Waals surface area (Å²) in [4.78, 5) is 22.7. The molecule has 136 valence electrons. The summed E-state index contributed by atoms with van der Waals surface area (Å²) < 4.78 is 6.31. The molecule has 0 fully saturated rings. The molecular weight excluding hydrogens is 420 g/mol. The van der Waals surface area contributed by atoms with Crippen LogP contribution in [0, 0.1) is 0 Å². The number of benzene rings is 2. The van der Waals surface area contributed by atoms with Crippen LogP contribution in [0.4, 0.5) is 11.4 Å². The van der Waals surface area contributed by atoms with E-state index in [1.54, 1.807) is 24.3 Å². The van der Waals surface area contributed by atoms with Gasteiger partial charge in [0, 0.05) is 22.8 Å². The van der Waals surface area contributed by atoms with Crippen LogP contribution in [-0.2, 0) is 9.59 Å². The van der Waals surface area contributed by atoms with Crippen molar-refractivity contribution in [1.29, 1.82) is 0 Å². The van der Waals surface area contributed by atoms with Crippen LogP contribution in [0.15, 0.2) is 53.0 Å². The van der Waals surface area contributed by atoms with E-state index >= 15 is 0 Å². The third kappa shape index (κ3) is 7.08. The molecule has 2 rings (SSSR count). The van der Waals surface area contributed by atoms with Crippen molar-refractivity contribution in [2.45, 2.75) is 6.92 Å². The molecule has 0 spiro atoms. The second kappa shape index (κ2) is 9.73. The molecule has 0 bridgehead atoms. The third-order valence-corrected chi connectivity index (χ3v) is 3.69. The fourth-order valence-electron chi connectivity index (χ4n) is 1.84. The Morgan fingerprint density at radius 1 is 0.962 bits per heavy atom. The fraction of sp³-hybridized carbons (Fsp3) is 0.118. The predicted octanol–water partition coefficient (Wildman–Crippen LogP) is 2.80. The van der Waals surface area contributed by atoms with Gasteiger partial charge in [0.2, 0.25) is 5.91 Å². The summed E-state index contributed by atoms with van der Waals surface area (Å²) in [6.45, 7) is 1.24. The number of hydrogen-bond donors (Lipinski definition) is 4. The molecule has 0 atom stereocenters. The second-order valence-electron chi connectivity index (χ2n) is 5.13. The molecule has 0 radical (unpaired) electrons. The number of halogens is 1. The Morgan fingerprint density at radius 2 is 1.54 bits per heavy atom. The average molecular weight is 437 g/mol. The molecule has 0 aliphatic carbocycles. The van der Waals surface area contributed by atoms with Gasteiger partial charge < -0.3 is 15.4 Å². The first-order chi connectivity index (χ1) is 12.4. The Labute approximate surface area is 164 Å². The number of nitrogens with one attached hydrogen (secondary N) is 4. The molecule has 0 heterocycles. The molecule has 26 heavy (non-hydrogen) atoms. The Balaban J connectivity index is 1.70. The molecule has 4 N–H and O–H groups in total. The fourth-order valence-corrected chi connectivity index (χ4v) is 2.28. The highest BCUT2D eigenvalue weighted by atomic mass is 79.9. The van der Waals surface area contributed by atoms with E-state index in [0.29, 0.717) is 11.4 Å². The quantitative estimate of drug-likeness (QED) is 0.425. The van der Waals surface area contributed by atoms with Crippen molar-refractivity contribution >= 4 is 56.4 Å². The van der Waals surface area contributed by atoms with Crippen molar-refractivity contribution in [3.05, 3.63) is 53.0 Å².